The average molecular weight is 787 g/mol. The number of carbonyl (C=O) groups excluding carboxylic acids is 2. The summed E-state index contributed by atoms with van der Waals surface area (Å²) < 4.78 is 0. The van der Waals surface area contributed by atoms with Crippen molar-refractivity contribution in [2.45, 2.75) is 56.7 Å². The van der Waals surface area contributed by atoms with Crippen LogP contribution in [0.4, 0.5) is 0 Å². The molecule has 9 nitrogen and oxygen atoms in total. The Morgan fingerprint density at radius 1 is 0.643 bits per heavy atom. The molecule has 0 bridgehead atoms. The zero-order valence-electron chi connectivity index (χ0n) is 31.8. The number of amides is 2. The van der Waals surface area contributed by atoms with E-state index in [-0.39, 0.29) is 29.8 Å². The maximum absolute atomic E-state index is 14.0. The summed E-state index contributed by atoms with van der Waals surface area (Å²) in [6.45, 7) is 3.30. The molecular formula is C45H45Cl2N7O2. The van der Waals surface area contributed by atoms with Gasteiger partial charge < -0.3 is 19.8 Å². The monoisotopic (exact) mass is 785 g/mol. The number of aromatic amines is 2. The van der Waals surface area contributed by atoms with E-state index >= 15 is 0 Å². The SMILES string of the molecule is C[C@@H](C(=O)N1CCC[C@H]1c1ncc(-c2ccc(-c3ccc(-c4cnc([C@@H]5CCCN5C(=O)[C@@H](c5ccccc5Cl)N(C)C)[nH]4)cc3)cc2)[nH]1)c1ccccc1Cl. The number of likely N-dealkylation sites (tertiary alicyclic amines) is 2. The fourth-order valence-electron chi connectivity index (χ4n) is 8.31. The van der Waals surface area contributed by atoms with Crippen LogP contribution in [0, 0.1) is 0 Å². The molecule has 4 heterocycles. The lowest BCUT2D eigenvalue weighted by Crippen LogP contribution is -2.40. The Morgan fingerprint density at radius 2 is 1.07 bits per heavy atom. The van der Waals surface area contributed by atoms with E-state index in [9.17, 15) is 9.59 Å². The van der Waals surface area contributed by atoms with Crippen molar-refractivity contribution in [2.24, 2.45) is 0 Å². The summed E-state index contributed by atoms with van der Waals surface area (Å²) >= 11 is 13.0. The van der Waals surface area contributed by atoms with Gasteiger partial charge in [0.25, 0.3) is 0 Å². The van der Waals surface area contributed by atoms with Gasteiger partial charge in [-0.25, -0.2) is 9.97 Å². The van der Waals surface area contributed by atoms with Gasteiger partial charge >= 0.3 is 0 Å². The van der Waals surface area contributed by atoms with E-state index in [4.69, 9.17) is 33.2 Å². The maximum Gasteiger partial charge on any atom is 0.245 e. The van der Waals surface area contributed by atoms with Crippen LogP contribution in [-0.2, 0) is 9.59 Å². The first-order valence-corrected chi connectivity index (χ1v) is 20.0. The van der Waals surface area contributed by atoms with Crippen molar-refractivity contribution in [1.29, 1.82) is 0 Å². The molecule has 0 aliphatic carbocycles. The molecular weight excluding hydrogens is 741 g/mol. The van der Waals surface area contributed by atoms with Gasteiger partial charge in [0.2, 0.25) is 11.8 Å². The minimum absolute atomic E-state index is 0.0270. The summed E-state index contributed by atoms with van der Waals surface area (Å²) in [5, 5.41) is 1.20. The fraction of sp³-hybridized carbons (Fsp3) is 0.289. The number of imidazole rings is 2. The van der Waals surface area contributed by atoms with Crippen LogP contribution in [0.5, 0.6) is 0 Å². The molecule has 6 aromatic rings. The highest BCUT2D eigenvalue weighted by Gasteiger charge is 2.38. The number of hydrogen-bond donors (Lipinski definition) is 2. The van der Waals surface area contributed by atoms with Crippen molar-refractivity contribution in [2.75, 3.05) is 27.2 Å². The first kappa shape index (κ1) is 37.7. The standard InChI is InChI=1S/C45H45Cl2N7O2/c1-28(33-10-4-6-12-35(33)46)44(55)53-24-8-14-39(53)42-48-26-37(50-42)31-20-16-29(17-21-31)30-18-22-32(23-19-30)38-27-49-43(51-38)40-15-9-25-54(40)45(56)41(52(2)3)34-11-5-7-13-36(34)47/h4-7,10-13,16-23,26-28,39-41H,8-9,14-15,24-25H2,1-3H3,(H,48,50)(H,49,51)/t28-,39+,40+,41-/m1/s1. The second-order valence-electron chi connectivity index (χ2n) is 15.0. The van der Waals surface area contributed by atoms with Crippen molar-refractivity contribution >= 4 is 35.0 Å². The largest absolute Gasteiger partial charge is 0.340 e. The fourth-order valence-corrected chi connectivity index (χ4v) is 8.85. The maximum atomic E-state index is 14.0. The molecule has 0 spiro atoms. The second kappa shape index (κ2) is 16.1. The van der Waals surface area contributed by atoms with Gasteiger partial charge in [-0.15, -0.1) is 0 Å². The van der Waals surface area contributed by atoms with E-state index in [1.165, 1.54) is 0 Å². The van der Waals surface area contributed by atoms with Crippen molar-refractivity contribution < 1.29 is 9.59 Å². The highest BCUT2D eigenvalue weighted by atomic mass is 35.5. The molecule has 2 N–H and O–H groups in total. The molecule has 2 aliphatic heterocycles. The normalized spacial score (nSPS) is 18.1. The minimum atomic E-state index is -0.479. The first-order valence-electron chi connectivity index (χ1n) is 19.2. The quantitative estimate of drug-likeness (QED) is 0.144. The molecule has 4 aromatic carbocycles. The minimum Gasteiger partial charge on any atom is -0.340 e. The van der Waals surface area contributed by atoms with E-state index < -0.39 is 6.04 Å². The van der Waals surface area contributed by atoms with Crippen molar-refractivity contribution in [3.8, 4) is 33.6 Å². The lowest BCUT2D eigenvalue weighted by molar-refractivity contribution is -0.137. The van der Waals surface area contributed by atoms with Crippen LogP contribution in [0.1, 0.15) is 79.4 Å². The van der Waals surface area contributed by atoms with Gasteiger partial charge in [-0.05, 0) is 92.2 Å². The highest BCUT2D eigenvalue weighted by Crippen LogP contribution is 2.38. The molecule has 8 rings (SSSR count). The molecule has 2 aliphatic rings. The summed E-state index contributed by atoms with van der Waals surface area (Å²) in [6.07, 6.45) is 7.27. The van der Waals surface area contributed by atoms with Crippen molar-refractivity contribution in [3.05, 3.63) is 142 Å². The number of likely N-dealkylation sites (N-methyl/N-ethyl adjacent to an activating group) is 1. The number of aromatic nitrogens is 4. The van der Waals surface area contributed by atoms with Gasteiger partial charge in [-0.2, -0.15) is 0 Å². The zero-order chi connectivity index (χ0) is 38.9. The molecule has 2 aromatic heterocycles. The molecule has 2 fully saturated rings. The third-order valence-corrected chi connectivity index (χ3v) is 12.0. The van der Waals surface area contributed by atoms with E-state index in [1.54, 1.807) is 0 Å². The van der Waals surface area contributed by atoms with Crippen molar-refractivity contribution in [3.63, 3.8) is 0 Å². The van der Waals surface area contributed by atoms with E-state index in [0.717, 1.165) is 82.1 Å². The number of nitrogens with one attached hydrogen (secondary N) is 2. The molecule has 0 saturated carbocycles. The molecule has 286 valence electrons. The van der Waals surface area contributed by atoms with Gasteiger partial charge in [0.05, 0.1) is 41.8 Å². The van der Waals surface area contributed by atoms with E-state index in [1.807, 2.05) is 96.6 Å². The Balaban J connectivity index is 0.928. The third-order valence-electron chi connectivity index (χ3n) is 11.3. The molecule has 4 atom stereocenters. The van der Waals surface area contributed by atoms with Gasteiger partial charge in [0, 0.05) is 23.1 Å². The van der Waals surface area contributed by atoms with Gasteiger partial charge in [0.15, 0.2) is 0 Å². The average Bonchev–Trinajstić information content (AvgIpc) is 4.05. The number of H-pyrrole nitrogens is 2. The van der Waals surface area contributed by atoms with Crippen LogP contribution in [0.2, 0.25) is 10.0 Å². The highest BCUT2D eigenvalue weighted by molar-refractivity contribution is 6.32. The van der Waals surface area contributed by atoms with Crippen LogP contribution in [0.15, 0.2) is 109 Å². The number of hydrogen-bond acceptors (Lipinski definition) is 5. The summed E-state index contributed by atoms with van der Waals surface area (Å²) in [5.41, 5.74) is 7.72. The number of rotatable bonds is 10. The van der Waals surface area contributed by atoms with Crippen LogP contribution in [-0.4, -0.2) is 73.6 Å². The molecule has 11 heteroatoms. The number of nitrogens with zero attached hydrogens (tertiary/aromatic N) is 5. The Morgan fingerprint density at radius 3 is 1.54 bits per heavy atom. The molecule has 0 unspecified atom stereocenters. The Bertz CT molecular complexity index is 2340. The summed E-state index contributed by atoms with van der Waals surface area (Å²) in [5.74, 6) is 1.36. The lowest BCUT2D eigenvalue weighted by Gasteiger charge is -2.32. The Labute approximate surface area is 337 Å². The third kappa shape index (κ3) is 7.39. The predicted octanol–water partition coefficient (Wildman–Crippen LogP) is 9.87. The molecule has 0 radical (unpaired) electrons. The van der Waals surface area contributed by atoms with E-state index in [0.29, 0.717) is 23.1 Å². The summed E-state index contributed by atoms with van der Waals surface area (Å²) in [4.78, 5) is 50.0. The topological polar surface area (TPSA) is 101 Å². The van der Waals surface area contributed by atoms with E-state index in [2.05, 4.69) is 58.5 Å². The van der Waals surface area contributed by atoms with Gasteiger partial charge in [0.1, 0.15) is 17.7 Å². The lowest BCUT2D eigenvalue weighted by atomic mass is 9.99. The summed E-state index contributed by atoms with van der Waals surface area (Å²) in [7, 11) is 3.83. The van der Waals surface area contributed by atoms with Gasteiger partial charge in [-0.3, -0.25) is 14.5 Å². The number of halogens is 2. The Kier molecular flexibility index (Phi) is 10.8. The van der Waals surface area contributed by atoms with Crippen LogP contribution < -0.4 is 0 Å². The molecule has 56 heavy (non-hydrogen) atoms. The first-order chi connectivity index (χ1) is 27.2. The Hall–Kier alpha value is -5.22. The number of benzene rings is 4. The van der Waals surface area contributed by atoms with Crippen molar-refractivity contribution in [1.82, 2.24) is 34.6 Å². The van der Waals surface area contributed by atoms with Crippen LogP contribution >= 0.6 is 23.2 Å². The summed E-state index contributed by atoms with van der Waals surface area (Å²) in [6, 6.07) is 31.3. The molecule has 2 saturated heterocycles. The van der Waals surface area contributed by atoms with Crippen LogP contribution in [0.3, 0.4) is 0 Å². The van der Waals surface area contributed by atoms with Crippen LogP contribution in [0.25, 0.3) is 33.6 Å². The predicted molar refractivity (Wildman–Crippen MR) is 222 cm³/mol. The molecule has 2 amide bonds. The zero-order valence-corrected chi connectivity index (χ0v) is 33.3. The smallest absolute Gasteiger partial charge is 0.245 e. The number of carbonyl (C=O) groups is 2. The second-order valence-corrected chi connectivity index (χ2v) is 15.8. The van der Waals surface area contributed by atoms with Gasteiger partial charge in [-0.1, -0.05) is 108 Å².